The summed E-state index contributed by atoms with van der Waals surface area (Å²) in [6.45, 7) is 10.6. The van der Waals surface area contributed by atoms with Gasteiger partial charge in [0.15, 0.2) is 0 Å². The number of carbonyl (C=O) groups excluding carboxylic acids is 1. The Labute approximate surface area is 232 Å². The molecule has 0 radical (unpaired) electrons. The van der Waals surface area contributed by atoms with Gasteiger partial charge in [0.05, 0.1) is 19.8 Å². The quantitative estimate of drug-likeness (QED) is 0.431. The number of carbonyl (C=O) groups is 1. The summed E-state index contributed by atoms with van der Waals surface area (Å²) in [5, 5.41) is 0. The molecule has 0 bridgehead atoms. The van der Waals surface area contributed by atoms with Gasteiger partial charge >= 0.3 is 0 Å². The zero-order valence-corrected chi connectivity index (χ0v) is 23.9. The fourth-order valence-corrected chi connectivity index (χ4v) is 5.72. The molecule has 8 heteroatoms. The lowest BCUT2D eigenvalue weighted by molar-refractivity contribution is -0.141. The smallest absolute Gasteiger partial charge is 0.248 e. The first kappa shape index (κ1) is 29.2. The number of benzene rings is 1. The summed E-state index contributed by atoms with van der Waals surface area (Å²) in [6, 6.07) is 9.02. The van der Waals surface area contributed by atoms with E-state index in [0.717, 1.165) is 37.2 Å². The number of rotatable bonds is 10. The van der Waals surface area contributed by atoms with Crippen molar-refractivity contribution in [3.8, 4) is 11.5 Å². The first-order valence-electron chi connectivity index (χ1n) is 14.3. The molecule has 1 aromatic carbocycles. The molecular weight excluding hydrogens is 496 g/mol. The van der Waals surface area contributed by atoms with Gasteiger partial charge in [0.2, 0.25) is 17.1 Å². The van der Waals surface area contributed by atoms with Gasteiger partial charge in [-0.3, -0.25) is 14.5 Å². The van der Waals surface area contributed by atoms with E-state index in [0.29, 0.717) is 43.1 Å². The van der Waals surface area contributed by atoms with Gasteiger partial charge in [-0.1, -0.05) is 39.3 Å². The molecule has 1 aliphatic heterocycles. The molecule has 1 saturated heterocycles. The number of hydrogen-bond acceptors (Lipinski definition) is 7. The topological polar surface area (TPSA) is 81.5 Å². The van der Waals surface area contributed by atoms with E-state index in [-0.39, 0.29) is 36.4 Å². The predicted octanol–water partition coefficient (Wildman–Crippen LogP) is 4.74. The fourth-order valence-electron chi connectivity index (χ4n) is 5.72. The lowest BCUT2D eigenvalue weighted by atomic mass is 9.75. The molecule has 4 rings (SSSR count). The van der Waals surface area contributed by atoms with Crippen molar-refractivity contribution >= 4 is 5.91 Å². The predicted molar refractivity (Wildman–Crippen MR) is 150 cm³/mol. The van der Waals surface area contributed by atoms with E-state index >= 15 is 0 Å². The summed E-state index contributed by atoms with van der Waals surface area (Å²) in [7, 11) is 1.61. The van der Waals surface area contributed by atoms with Gasteiger partial charge in [-0.15, -0.1) is 0 Å². The third-order valence-electron chi connectivity index (χ3n) is 8.08. The van der Waals surface area contributed by atoms with Crippen LogP contribution in [0, 0.1) is 17.8 Å². The Bertz CT molecular complexity index is 1130. The van der Waals surface area contributed by atoms with Crippen molar-refractivity contribution in [1.29, 1.82) is 0 Å². The Morgan fingerprint density at radius 3 is 2.74 bits per heavy atom. The van der Waals surface area contributed by atoms with E-state index in [1.807, 2.05) is 29.2 Å². The van der Waals surface area contributed by atoms with Gasteiger partial charge < -0.3 is 23.5 Å². The van der Waals surface area contributed by atoms with Gasteiger partial charge in [0.1, 0.15) is 31.0 Å². The molecule has 0 unspecified atom stereocenters. The molecular formula is C31H44N2O6. The molecule has 0 spiro atoms. The SMILES string of the molecule is COc1cccc(COc2coc(CN3CCCN(C(=O)CO[C@@H]4C[C@H](C)CC[C@H]4C(C)C)CC3)cc2=O)c1. The van der Waals surface area contributed by atoms with E-state index in [9.17, 15) is 9.59 Å². The number of hydrogen-bond donors (Lipinski definition) is 0. The van der Waals surface area contributed by atoms with Crippen molar-refractivity contribution in [1.82, 2.24) is 9.80 Å². The summed E-state index contributed by atoms with van der Waals surface area (Å²) >= 11 is 0. The third-order valence-corrected chi connectivity index (χ3v) is 8.08. The summed E-state index contributed by atoms with van der Waals surface area (Å²) < 4.78 is 22.9. The fraction of sp³-hybridized carbons (Fsp3) is 0.613. The highest BCUT2D eigenvalue weighted by Gasteiger charge is 2.32. The molecule has 1 aliphatic carbocycles. The highest BCUT2D eigenvalue weighted by molar-refractivity contribution is 5.77. The number of nitrogens with zero attached hydrogens (tertiary/aromatic N) is 2. The molecule has 2 aromatic rings. The van der Waals surface area contributed by atoms with Crippen LogP contribution in [0.1, 0.15) is 57.8 Å². The van der Waals surface area contributed by atoms with Gasteiger partial charge in [0.25, 0.3) is 0 Å². The van der Waals surface area contributed by atoms with Crippen LogP contribution in [0.4, 0.5) is 0 Å². The van der Waals surface area contributed by atoms with Crippen LogP contribution in [-0.2, 0) is 22.7 Å². The second kappa shape index (κ2) is 14.0. The first-order chi connectivity index (χ1) is 18.8. The second-order valence-corrected chi connectivity index (χ2v) is 11.4. The summed E-state index contributed by atoms with van der Waals surface area (Å²) in [5.41, 5.74) is 0.694. The average molecular weight is 541 g/mol. The van der Waals surface area contributed by atoms with E-state index in [1.54, 1.807) is 7.11 Å². The molecule has 39 heavy (non-hydrogen) atoms. The number of ether oxygens (including phenoxy) is 3. The first-order valence-corrected chi connectivity index (χ1v) is 14.3. The summed E-state index contributed by atoms with van der Waals surface area (Å²) in [4.78, 5) is 29.8. The molecule has 2 aliphatic rings. The summed E-state index contributed by atoms with van der Waals surface area (Å²) in [6.07, 6.45) is 5.90. The second-order valence-electron chi connectivity index (χ2n) is 11.4. The minimum Gasteiger partial charge on any atom is -0.497 e. The highest BCUT2D eigenvalue weighted by Crippen LogP contribution is 2.35. The average Bonchev–Trinajstić information content (AvgIpc) is 3.17. The van der Waals surface area contributed by atoms with E-state index in [4.69, 9.17) is 18.6 Å². The van der Waals surface area contributed by atoms with Gasteiger partial charge in [0, 0.05) is 32.2 Å². The number of methoxy groups -OCH3 is 1. The van der Waals surface area contributed by atoms with Crippen LogP contribution in [0.5, 0.6) is 11.5 Å². The van der Waals surface area contributed by atoms with Gasteiger partial charge in [-0.05, 0) is 54.7 Å². The largest absolute Gasteiger partial charge is 0.497 e. The van der Waals surface area contributed by atoms with Gasteiger partial charge in [-0.25, -0.2) is 0 Å². The Hall–Kier alpha value is -2.84. The van der Waals surface area contributed by atoms with Crippen LogP contribution in [0.15, 0.2) is 45.8 Å². The minimum atomic E-state index is -0.209. The third kappa shape index (κ3) is 8.32. The molecule has 3 atom stereocenters. The van der Waals surface area contributed by atoms with Crippen LogP contribution in [0.25, 0.3) is 0 Å². The van der Waals surface area contributed by atoms with Crippen molar-refractivity contribution < 1.29 is 23.4 Å². The lowest BCUT2D eigenvalue weighted by Crippen LogP contribution is -2.40. The maximum absolute atomic E-state index is 13.0. The van der Waals surface area contributed by atoms with Crippen molar-refractivity contribution in [2.45, 2.75) is 65.7 Å². The Kier molecular flexibility index (Phi) is 10.5. The van der Waals surface area contributed by atoms with Crippen molar-refractivity contribution in [2.24, 2.45) is 17.8 Å². The van der Waals surface area contributed by atoms with Crippen LogP contribution in [0.2, 0.25) is 0 Å². The summed E-state index contributed by atoms with van der Waals surface area (Å²) in [5.74, 6) is 3.33. The van der Waals surface area contributed by atoms with E-state index in [2.05, 4.69) is 25.7 Å². The molecule has 2 heterocycles. The molecule has 0 N–H and O–H groups in total. The van der Waals surface area contributed by atoms with Crippen molar-refractivity contribution in [2.75, 3.05) is 39.9 Å². The van der Waals surface area contributed by atoms with Crippen LogP contribution in [-0.4, -0.2) is 61.7 Å². The lowest BCUT2D eigenvalue weighted by Gasteiger charge is -2.37. The standard InChI is InChI=1S/C31H44N2O6/c1-22(2)27-10-9-23(3)15-29(27)39-21-31(35)33-12-6-11-32(13-14-33)18-26-17-28(34)30(20-37-26)38-19-24-7-5-8-25(16-24)36-4/h5,7-8,16-17,20,22-23,27,29H,6,9-15,18-19,21H2,1-4H3/t23-,27+,29-/m1/s1. The van der Waals surface area contributed by atoms with E-state index in [1.165, 1.54) is 25.2 Å². The zero-order chi connectivity index (χ0) is 27.8. The normalized spacial score (nSPS) is 22.5. The monoisotopic (exact) mass is 540 g/mol. The molecule has 1 aromatic heterocycles. The maximum atomic E-state index is 13.0. The zero-order valence-electron chi connectivity index (χ0n) is 23.9. The molecule has 1 amide bonds. The van der Waals surface area contributed by atoms with E-state index < -0.39 is 0 Å². The van der Waals surface area contributed by atoms with Crippen molar-refractivity contribution in [3.63, 3.8) is 0 Å². The van der Waals surface area contributed by atoms with Crippen molar-refractivity contribution in [3.05, 3.63) is 58.1 Å². The molecule has 2 fully saturated rings. The highest BCUT2D eigenvalue weighted by atomic mass is 16.5. The molecule has 8 nitrogen and oxygen atoms in total. The van der Waals surface area contributed by atoms with Crippen LogP contribution in [0.3, 0.4) is 0 Å². The molecule has 1 saturated carbocycles. The van der Waals surface area contributed by atoms with Crippen LogP contribution < -0.4 is 14.9 Å². The Balaban J connectivity index is 1.24. The minimum absolute atomic E-state index is 0.0710. The van der Waals surface area contributed by atoms with Crippen LogP contribution >= 0.6 is 0 Å². The molecule has 214 valence electrons. The number of amides is 1. The van der Waals surface area contributed by atoms with Gasteiger partial charge in [-0.2, -0.15) is 0 Å². The maximum Gasteiger partial charge on any atom is 0.248 e. The Morgan fingerprint density at radius 1 is 1.13 bits per heavy atom. The Morgan fingerprint density at radius 2 is 1.97 bits per heavy atom.